The number of carbonyl (C=O) groups excluding carboxylic acids is 1. The largest absolute Gasteiger partial charge is 0.350 e. The molecule has 142 valence electrons. The van der Waals surface area contributed by atoms with Crippen molar-refractivity contribution in [3.63, 3.8) is 0 Å². The van der Waals surface area contributed by atoms with Crippen LogP contribution in [-0.4, -0.2) is 24.8 Å². The Morgan fingerprint density at radius 3 is 2.93 bits per heavy atom. The van der Waals surface area contributed by atoms with Crippen LogP contribution in [0.5, 0.6) is 0 Å². The van der Waals surface area contributed by atoms with Crippen molar-refractivity contribution >= 4 is 34.1 Å². The lowest BCUT2D eigenvalue weighted by atomic mass is 10.1. The highest BCUT2D eigenvalue weighted by Gasteiger charge is 2.09. The van der Waals surface area contributed by atoms with Gasteiger partial charge in [-0.1, -0.05) is 23.7 Å². The quantitative estimate of drug-likeness (QED) is 0.563. The number of benzene rings is 1. The summed E-state index contributed by atoms with van der Waals surface area (Å²) >= 11 is 5.96. The normalized spacial score (nSPS) is 11.2. The molecule has 0 fully saturated rings. The number of hydrogen-bond acceptors (Lipinski definition) is 4. The van der Waals surface area contributed by atoms with Crippen molar-refractivity contribution in [3.05, 3.63) is 75.7 Å². The summed E-state index contributed by atoms with van der Waals surface area (Å²) < 4.78 is 3.28. The Morgan fingerprint density at radius 1 is 1.21 bits per heavy atom. The summed E-state index contributed by atoms with van der Waals surface area (Å²) in [5.74, 6) is -0.161. The fourth-order valence-electron chi connectivity index (χ4n) is 3.10. The molecule has 0 aliphatic carbocycles. The van der Waals surface area contributed by atoms with E-state index in [1.807, 2.05) is 35.7 Å². The molecule has 0 aliphatic heterocycles. The van der Waals surface area contributed by atoms with Crippen molar-refractivity contribution in [2.75, 3.05) is 0 Å². The Balaban J connectivity index is 1.39. The minimum Gasteiger partial charge on any atom is -0.350 e. The Labute approximate surface area is 165 Å². The molecule has 0 unspecified atom stereocenters. The van der Waals surface area contributed by atoms with Gasteiger partial charge in [-0.25, -0.2) is 9.97 Å². The highest BCUT2D eigenvalue weighted by molar-refractivity contribution is 6.30. The third-order valence-corrected chi connectivity index (χ3v) is 4.79. The van der Waals surface area contributed by atoms with Gasteiger partial charge in [0.25, 0.3) is 5.56 Å². The van der Waals surface area contributed by atoms with E-state index in [0.29, 0.717) is 22.5 Å². The molecule has 0 spiro atoms. The Bertz CT molecular complexity index is 1240. The number of para-hydroxylation sites is 1. The first-order chi connectivity index (χ1) is 13.5. The van der Waals surface area contributed by atoms with E-state index in [1.54, 1.807) is 18.3 Å². The molecule has 0 radical (unpaired) electrons. The Kier molecular flexibility index (Phi) is 4.83. The third-order valence-electron chi connectivity index (χ3n) is 4.57. The van der Waals surface area contributed by atoms with Gasteiger partial charge in [-0.3, -0.25) is 14.2 Å². The van der Waals surface area contributed by atoms with Crippen LogP contribution in [0.25, 0.3) is 16.6 Å². The average Bonchev–Trinajstić information content (AvgIpc) is 3.08. The van der Waals surface area contributed by atoms with Crippen LogP contribution in [0.15, 0.2) is 53.8 Å². The lowest BCUT2D eigenvalue weighted by molar-refractivity contribution is -0.121. The molecule has 4 rings (SSSR count). The monoisotopic (exact) mass is 395 g/mol. The standard InChI is InChI=1S/C20H18ClN5O2/c1-13-3-2-4-16-19(13)23-12-25(20(16)28)8-7-18(27)22-9-15-11-26-10-14(21)5-6-17(26)24-15/h2-6,10-12H,7-9H2,1H3,(H,22,27). The first-order valence-corrected chi connectivity index (χ1v) is 9.23. The van der Waals surface area contributed by atoms with Crippen molar-refractivity contribution in [1.29, 1.82) is 0 Å². The average molecular weight is 396 g/mol. The highest BCUT2D eigenvalue weighted by Crippen LogP contribution is 2.12. The zero-order valence-corrected chi connectivity index (χ0v) is 16.0. The van der Waals surface area contributed by atoms with E-state index in [9.17, 15) is 9.59 Å². The van der Waals surface area contributed by atoms with Crippen molar-refractivity contribution < 1.29 is 4.79 Å². The number of amides is 1. The van der Waals surface area contributed by atoms with Crippen LogP contribution in [0.3, 0.4) is 0 Å². The maximum atomic E-state index is 12.6. The highest BCUT2D eigenvalue weighted by atomic mass is 35.5. The molecule has 4 aromatic rings. The van der Waals surface area contributed by atoms with Gasteiger partial charge in [0.1, 0.15) is 5.65 Å². The maximum absolute atomic E-state index is 12.6. The molecule has 3 heterocycles. The number of aromatic nitrogens is 4. The Hall–Kier alpha value is -3.19. The number of rotatable bonds is 5. The number of carbonyl (C=O) groups is 1. The predicted molar refractivity (Wildman–Crippen MR) is 107 cm³/mol. The molecular formula is C20H18ClN5O2. The van der Waals surface area contributed by atoms with Gasteiger partial charge in [-0.15, -0.1) is 0 Å². The van der Waals surface area contributed by atoms with Crippen LogP contribution in [-0.2, 0) is 17.9 Å². The molecule has 1 aromatic carbocycles. The fraction of sp³-hybridized carbons (Fsp3) is 0.200. The summed E-state index contributed by atoms with van der Waals surface area (Å²) in [4.78, 5) is 33.5. The summed E-state index contributed by atoms with van der Waals surface area (Å²) in [6.07, 6.45) is 5.26. The second-order valence-electron chi connectivity index (χ2n) is 6.59. The van der Waals surface area contributed by atoms with Gasteiger partial charge in [-0.2, -0.15) is 0 Å². The molecule has 0 saturated heterocycles. The summed E-state index contributed by atoms with van der Waals surface area (Å²) in [5, 5.41) is 4.00. The molecule has 0 saturated carbocycles. The molecule has 28 heavy (non-hydrogen) atoms. The van der Waals surface area contributed by atoms with Gasteiger partial charge >= 0.3 is 0 Å². The van der Waals surface area contributed by atoms with Crippen LogP contribution >= 0.6 is 11.6 Å². The minimum absolute atomic E-state index is 0.140. The van der Waals surface area contributed by atoms with Gasteiger partial charge in [-0.05, 0) is 30.7 Å². The molecule has 0 bridgehead atoms. The lowest BCUT2D eigenvalue weighted by Gasteiger charge is -2.08. The predicted octanol–water partition coefficient (Wildman–Crippen LogP) is 2.71. The van der Waals surface area contributed by atoms with Crippen molar-refractivity contribution in [1.82, 2.24) is 24.3 Å². The maximum Gasteiger partial charge on any atom is 0.261 e. The minimum atomic E-state index is -0.161. The summed E-state index contributed by atoms with van der Waals surface area (Å²) in [6.45, 7) is 2.49. The van der Waals surface area contributed by atoms with E-state index in [0.717, 1.165) is 16.9 Å². The molecule has 1 N–H and O–H groups in total. The van der Waals surface area contributed by atoms with Crippen LogP contribution in [0.4, 0.5) is 0 Å². The molecule has 8 heteroatoms. The number of pyridine rings is 1. The number of imidazole rings is 1. The van der Waals surface area contributed by atoms with Crippen LogP contribution in [0.2, 0.25) is 5.02 Å². The molecule has 0 atom stereocenters. The fourth-order valence-corrected chi connectivity index (χ4v) is 3.27. The Morgan fingerprint density at radius 2 is 2.07 bits per heavy atom. The first-order valence-electron chi connectivity index (χ1n) is 8.86. The van der Waals surface area contributed by atoms with Gasteiger partial charge in [0.15, 0.2) is 0 Å². The number of hydrogen-bond donors (Lipinski definition) is 1. The molecule has 3 aromatic heterocycles. The van der Waals surface area contributed by atoms with E-state index in [1.165, 1.54) is 10.9 Å². The summed E-state index contributed by atoms with van der Waals surface area (Å²) in [7, 11) is 0. The number of fused-ring (bicyclic) bond motifs is 2. The van der Waals surface area contributed by atoms with Crippen LogP contribution in [0.1, 0.15) is 17.7 Å². The lowest BCUT2D eigenvalue weighted by Crippen LogP contribution is -2.27. The van der Waals surface area contributed by atoms with E-state index >= 15 is 0 Å². The van der Waals surface area contributed by atoms with E-state index in [4.69, 9.17) is 11.6 Å². The molecule has 7 nitrogen and oxygen atoms in total. The number of nitrogens with zero attached hydrogens (tertiary/aromatic N) is 4. The smallest absolute Gasteiger partial charge is 0.261 e. The van der Waals surface area contributed by atoms with Crippen molar-refractivity contribution in [3.8, 4) is 0 Å². The van der Waals surface area contributed by atoms with Crippen molar-refractivity contribution in [2.24, 2.45) is 0 Å². The van der Waals surface area contributed by atoms with E-state index in [-0.39, 0.29) is 24.4 Å². The van der Waals surface area contributed by atoms with E-state index in [2.05, 4.69) is 15.3 Å². The van der Waals surface area contributed by atoms with Crippen LogP contribution in [0, 0.1) is 6.92 Å². The van der Waals surface area contributed by atoms with Crippen LogP contribution < -0.4 is 10.9 Å². The topological polar surface area (TPSA) is 81.3 Å². The zero-order chi connectivity index (χ0) is 19.7. The summed E-state index contributed by atoms with van der Waals surface area (Å²) in [6, 6.07) is 9.08. The second-order valence-corrected chi connectivity index (χ2v) is 7.02. The third kappa shape index (κ3) is 3.61. The van der Waals surface area contributed by atoms with Gasteiger partial charge in [0.2, 0.25) is 5.91 Å². The van der Waals surface area contributed by atoms with Gasteiger partial charge < -0.3 is 9.72 Å². The van der Waals surface area contributed by atoms with Gasteiger partial charge in [0.05, 0.1) is 34.5 Å². The molecular weight excluding hydrogens is 378 g/mol. The summed E-state index contributed by atoms with van der Waals surface area (Å²) in [5.41, 5.74) is 3.00. The molecule has 0 aliphatic rings. The van der Waals surface area contributed by atoms with E-state index < -0.39 is 0 Å². The van der Waals surface area contributed by atoms with Gasteiger partial charge in [0, 0.05) is 25.4 Å². The first kappa shape index (κ1) is 18.2. The number of aryl methyl sites for hydroxylation is 2. The molecule has 1 amide bonds. The number of nitrogens with one attached hydrogen (secondary N) is 1. The van der Waals surface area contributed by atoms with Crippen molar-refractivity contribution in [2.45, 2.75) is 26.4 Å². The second kappa shape index (κ2) is 7.44. The SMILES string of the molecule is Cc1cccc2c(=O)n(CCC(=O)NCc3cn4cc(Cl)ccc4n3)cnc12. The number of halogens is 1. The zero-order valence-electron chi connectivity index (χ0n) is 15.2.